The summed E-state index contributed by atoms with van der Waals surface area (Å²) in [7, 11) is 1.67. The molecule has 1 saturated carbocycles. The number of aliphatic hydroxyl groups excluding tert-OH is 1. The van der Waals surface area contributed by atoms with Gasteiger partial charge in [-0.25, -0.2) is 4.98 Å². The fourth-order valence-corrected chi connectivity index (χ4v) is 5.80. The van der Waals surface area contributed by atoms with Gasteiger partial charge in [0.2, 0.25) is 5.91 Å². The molecule has 5 rings (SSSR count). The maximum absolute atomic E-state index is 13.5. The SMILES string of the molecule is COc1ccc(-c2ccc(N3CCCC4(CCN(C5CCC(O)CC5)C4=O)C3)nc2)cc1. The molecule has 1 amide bonds. The van der Waals surface area contributed by atoms with Gasteiger partial charge in [-0.1, -0.05) is 12.1 Å². The van der Waals surface area contributed by atoms with Crippen LogP contribution >= 0.6 is 0 Å². The van der Waals surface area contributed by atoms with Crippen LogP contribution in [0.1, 0.15) is 44.9 Å². The summed E-state index contributed by atoms with van der Waals surface area (Å²) in [6.45, 7) is 2.56. The van der Waals surface area contributed by atoms with Crippen LogP contribution in [0.3, 0.4) is 0 Å². The van der Waals surface area contributed by atoms with Crippen molar-refractivity contribution >= 4 is 11.7 Å². The van der Waals surface area contributed by atoms with E-state index in [1.54, 1.807) is 7.11 Å². The van der Waals surface area contributed by atoms with Crippen molar-refractivity contribution in [2.24, 2.45) is 5.41 Å². The molecule has 0 bridgehead atoms. The van der Waals surface area contributed by atoms with Crippen molar-refractivity contribution in [2.45, 2.75) is 57.1 Å². The lowest BCUT2D eigenvalue weighted by Gasteiger charge is -2.41. The highest BCUT2D eigenvalue weighted by Crippen LogP contribution is 2.43. The third kappa shape index (κ3) is 3.96. The Kier molecular flexibility index (Phi) is 5.80. The number of methoxy groups -OCH3 is 1. The van der Waals surface area contributed by atoms with E-state index in [-0.39, 0.29) is 11.5 Å². The molecule has 1 aromatic carbocycles. The van der Waals surface area contributed by atoms with Crippen LogP contribution in [0.5, 0.6) is 5.75 Å². The number of ether oxygens (including phenoxy) is 1. The van der Waals surface area contributed by atoms with Crippen molar-refractivity contribution in [1.29, 1.82) is 0 Å². The minimum Gasteiger partial charge on any atom is -0.497 e. The zero-order valence-electron chi connectivity index (χ0n) is 18.9. The number of hydrogen-bond donors (Lipinski definition) is 1. The molecule has 170 valence electrons. The summed E-state index contributed by atoms with van der Waals surface area (Å²) in [6.07, 6.45) is 8.16. The Morgan fingerprint density at radius 2 is 1.75 bits per heavy atom. The van der Waals surface area contributed by atoms with E-state index in [2.05, 4.69) is 21.9 Å². The molecule has 1 spiro atoms. The van der Waals surface area contributed by atoms with E-state index in [0.717, 1.165) is 87.3 Å². The van der Waals surface area contributed by atoms with Gasteiger partial charge >= 0.3 is 0 Å². The summed E-state index contributed by atoms with van der Waals surface area (Å²) in [4.78, 5) is 22.7. The first-order valence-electron chi connectivity index (χ1n) is 11.9. The monoisotopic (exact) mass is 435 g/mol. The third-order valence-corrected chi connectivity index (χ3v) is 7.72. The van der Waals surface area contributed by atoms with Gasteiger partial charge in [0.25, 0.3) is 0 Å². The normalized spacial score (nSPS) is 28.4. The molecular formula is C26H33N3O3. The predicted octanol–water partition coefficient (Wildman–Crippen LogP) is 3.88. The minimum atomic E-state index is -0.273. The quantitative estimate of drug-likeness (QED) is 0.790. The van der Waals surface area contributed by atoms with Gasteiger partial charge in [-0.15, -0.1) is 0 Å². The minimum absolute atomic E-state index is 0.185. The molecular weight excluding hydrogens is 402 g/mol. The van der Waals surface area contributed by atoms with Crippen molar-refractivity contribution < 1.29 is 14.6 Å². The van der Waals surface area contributed by atoms with E-state index in [9.17, 15) is 9.90 Å². The first-order chi connectivity index (χ1) is 15.6. The molecule has 2 aliphatic heterocycles. The molecule has 1 N–H and O–H groups in total. The number of benzene rings is 1. The maximum Gasteiger partial charge on any atom is 0.230 e. The summed E-state index contributed by atoms with van der Waals surface area (Å²) in [6, 6.07) is 12.5. The highest BCUT2D eigenvalue weighted by molar-refractivity contribution is 5.86. The lowest BCUT2D eigenvalue weighted by molar-refractivity contribution is -0.139. The van der Waals surface area contributed by atoms with Crippen molar-refractivity contribution in [1.82, 2.24) is 9.88 Å². The second kappa shape index (κ2) is 8.74. The number of aromatic nitrogens is 1. The summed E-state index contributed by atoms with van der Waals surface area (Å²) >= 11 is 0. The number of amides is 1. The van der Waals surface area contributed by atoms with Crippen LogP contribution in [0, 0.1) is 5.41 Å². The number of piperidine rings is 1. The van der Waals surface area contributed by atoms with Gasteiger partial charge in [0.15, 0.2) is 0 Å². The van der Waals surface area contributed by atoms with E-state index < -0.39 is 0 Å². The number of anilines is 1. The average molecular weight is 436 g/mol. The fraction of sp³-hybridized carbons (Fsp3) is 0.538. The highest BCUT2D eigenvalue weighted by Gasteiger charge is 2.50. The highest BCUT2D eigenvalue weighted by atomic mass is 16.5. The average Bonchev–Trinajstić information content (AvgIpc) is 3.15. The summed E-state index contributed by atoms with van der Waals surface area (Å²) < 4.78 is 5.24. The van der Waals surface area contributed by atoms with E-state index >= 15 is 0 Å². The Hall–Kier alpha value is -2.60. The molecule has 3 fully saturated rings. The molecule has 0 radical (unpaired) electrons. The molecule has 1 atom stereocenters. The number of hydrogen-bond acceptors (Lipinski definition) is 5. The Balaban J connectivity index is 1.28. The van der Waals surface area contributed by atoms with Crippen LogP contribution in [0.15, 0.2) is 42.6 Å². The molecule has 32 heavy (non-hydrogen) atoms. The largest absolute Gasteiger partial charge is 0.497 e. The van der Waals surface area contributed by atoms with E-state index in [1.165, 1.54) is 0 Å². The lowest BCUT2D eigenvalue weighted by Crippen LogP contribution is -2.50. The Morgan fingerprint density at radius 3 is 2.44 bits per heavy atom. The number of aliphatic hydroxyl groups is 1. The number of nitrogens with zero attached hydrogens (tertiary/aromatic N) is 3. The zero-order chi connectivity index (χ0) is 22.1. The molecule has 1 aromatic heterocycles. The molecule has 6 heteroatoms. The second-order valence-corrected chi connectivity index (χ2v) is 9.65. The molecule has 3 aliphatic rings. The van der Waals surface area contributed by atoms with E-state index in [1.807, 2.05) is 30.5 Å². The first-order valence-corrected chi connectivity index (χ1v) is 11.9. The van der Waals surface area contributed by atoms with Gasteiger partial charge in [-0.05, 0) is 74.8 Å². The van der Waals surface area contributed by atoms with Gasteiger partial charge in [-0.3, -0.25) is 4.79 Å². The molecule has 2 saturated heterocycles. The Bertz CT molecular complexity index is 938. The van der Waals surface area contributed by atoms with Crippen LogP contribution in [-0.2, 0) is 4.79 Å². The number of rotatable bonds is 4. The van der Waals surface area contributed by atoms with Gasteiger partial charge in [-0.2, -0.15) is 0 Å². The van der Waals surface area contributed by atoms with E-state index in [4.69, 9.17) is 9.72 Å². The molecule has 6 nitrogen and oxygen atoms in total. The number of carbonyl (C=O) groups excluding carboxylic acids is 1. The second-order valence-electron chi connectivity index (χ2n) is 9.65. The van der Waals surface area contributed by atoms with Crippen LogP contribution in [-0.4, -0.2) is 59.8 Å². The van der Waals surface area contributed by atoms with Crippen molar-refractivity contribution in [2.75, 3.05) is 31.6 Å². The van der Waals surface area contributed by atoms with Crippen LogP contribution < -0.4 is 9.64 Å². The summed E-state index contributed by atoms with van der Waals surface area (Å²) in [5, 5.41) is 9.83. The lowest BCUT2D eigenvalue weighted by atomic mass is 9.78. The van der Waals surface area contributed by atoms with Gasteiger partial charge in [0.1, 0.15) is 11.6 Å². The van der Waals surface area contributed by atoms with Crippen LogP contribution in [0.4, 0.5) is 5.82 Å². The summed E-state index contributed by atoms with van der Waals surface area (Å²) in [5.74, 6) is 2.13. The number of pyridine rings is 1. The van der Waals surface area contributed by atoms with Gasteiger partial charge in [0, 0.05) is 37.4 Å². The molecule has 1 aliphatic carbocycles. The standard InChI is InChI=1S/C26H33N3O3/c1-32-23-10-3-19(4-11-23)20-5-12-24(27-17-20)28-15-2-13-26(18-28)14-16-29(25(26)31)21-6-8-22(30)9-7-21/h3-5,10-12,17,21-22,30H,2,6-9,13-16,18H2,1H3. The Labute approximate surface area is 190 Å². The topological polar surface area (TPSA) is 65.9 Å². The predicted molar refractivity (Wildman–Crippen MR) is 125 cm³/mol. The van der Waals surface area contributed by atoms with E-state index in [0.29, 0.717) is 11.9 Å². The van der Waals surface area contributed by atoms with Crippen molar-refractivity contribution in [3.8, 4) is 16.9 Å². The fourth-order valence-electron chi connectivity index (χ4n) is 5.80. The molecule has 1 unspecified atom stereocenters. The first kappa shape index (κ1) is 21.3. The van der Waals surface area contributed by atoms with Crippen molar-refractivity contribution in [3.05, 3.63) is 42.6 Å². The number of carbonyl (C=O) groups is 1. The van der Waals surface area contributed by atoms with Crippen LogP contribution in [0.2, 0.25) is 0 Å². The Morgan fingerprint density at radius 1 is 1.00 bits per heavy atom. The maximum atomic E-state index is 13.5. The van der Waals surface area contributed by atoms with Gasteiger partial charge in [0.05, 0.1) is 18.6 Å². The third-order valence-electron chi connectivity index (χ3n) is 7.72. The van der Waals surface area contributed by atoms with Crippen LogP contribution in [0.25, 0.3) is 11.1 Å². The summed E-state index contributed by atoms with van der Waals surface area (Å²) in [5.41, 5.74) is 1.91. The molecule has 3 heterocycles. The molecule has 2 aromatic rings. The smallest absolute Gasteiger partial charge is 0.230 e. The number of likely N-dealkylation sites (tertiary alicyclic amines) is 1. The van der Waals surface area contributed by atoms with Gasteiger partial charge < -0.3 is 19.6 Å². The zero-order valence-corrected chi connectivity index (χ0v) is 18.9. The van der Waals surface area contributed by atoms with Crippen molar-refractivity contribution in [3.63, 3.8) is 0 Å².